The fourth-order valence-corrected chi connectivity index (χ4v) is 2.87. The summed E-state index contributed by atoms with van der Waals surface area (Å²) < 4.78 is 15.3. The third kappa shape index (κ3) is 1.65. The zero-order valence-electron chi connectivity index (χ0n) is 11.2. The van der Waals surface area contributed by atoms with Gasteiger partial charge in [-0.3, -0.25) is 0 Å². The van der Waals surface area contributed by atoms with Crippen molar-refractivity contribution in [1.29, 1.82) is 0 Å². The summed E-state index contributed by atoms with van der Waals surface area (Å²) in [7, 11) is 1.97. The van der Waals surface area contributed by atoms with Gasteiger partial charge in [0.05, 0.1) is 11.0 Å². The number of benzene rings is 2. The summed E-state index contributed by atoms with van der Waals surface area (Å²) in [4.78, 5) is 4.57. The first-order valence-electron chi connectivity index (χ1n) is 6.67. The van der Waals surface area contributed by atoms with Crippen LogP contribution in [0.25, 0.3) is 22.4 Å². The van der Waals surface area contributed by atoms with Gasteiger partial charge in [-0.25, -0.2) is 9.37 Å². The van der Waals surface area contributed by atoms with Crippen LogP contribution in [0.15, 0.2) is 36.4 Å². The summed E-state index contributed by atoms with van der Waals surface area (Å²) in [5.74, 6) is 0.626. The largest absolute Gasteiger partial charge is 0.327 e. The van der Waals surface area contributed by atoms with Crippen LogP contribution in [-0.4, -0.2) is 9.55 Å². The van der Waals surface area contributed by atoms with Crippen molar-refractivity contribution in [2.75, 3.05) is 0 Å². The standard InChI is InChI=1S/C16H14FN3/c1-20-15-5-4-13(17)7-14(15)19-16(20)10-2-3-11-8-18-9-12(11)6-10/h2-7,18H,8-9H2,1H3. The van der Waals surface area contributed by atoms with Gasteiger partial charge in [0, 0.05) is 31.8 Å². The molecule has 1 N–H and O–H groups in total. The number of halogens is 1. The molecule has 0 radical (unpaired) electrons. The number of rotatable bonds is 1. The lowest BCUT2D eigenvalue weighted by Crippen LogP contribution is -1.99. The molecular weight excluding hydrogens is 253 g/mol. The molecule has 20 heavy (non-hydrogen) atoms. The van der Waals surface area contributed by atoms with E-state index in [1.165, 1.54) is 23.3 Å². The Morgan fingerprint density at radius 3 is 2.85 bits per heavy atom. The molecule has 1 aromatic heterocycles. The Labute approximate surface area is 116 Å². The van der Waals surface area contributed by atoms with E-state index >= 15 is 0 Å². The lowest BCUT2D eigenvalue weighted by atomic mass is 10.1. The summed E-state index contributed by atoms with van der Waals surface area (Å²) in [6, 6.07) is 11.1. The summed E-state index contributed by atoms with van der Waals surface area (Å²) in [6.45, 7) is 1.84. The molecule has 0 fully saturated rings. The molecule has 0 spiro atoms. The van der Waals surface area contributed by atoms with E-state index in [9.17, 15) is 4.39 Å². The van der Waals surface area contributed by atoms with E-state index in [0.29, 0.717) is 5.52 Å². The van der Waals surface area contributed by atoms with Crippen molar-refractivity contribution in [3.8, 4) is 11.4 Å². The molecule has 3 aromatic rings. The highest BCUT2D eigenvalue weighted by atomic mass is 19.1. The zero-order valence-corrected chi connectivity index (χ0v) is 11.2. The number of nitrogens with zero attached hydrogens (tertiary/aromatic N) is 2. The third-order valence-corrected chi connectivity index (χ3v) is 3.94. The summed E-state index contributed by atoms with van der Waals surface area (Å²) in [5, 5.41) is 3.34. The smallest absolute Gasteiger partial charge is 0.140 e. The van der Waals surface area contributed by atoms with E-state index in [0.717, 1.165) is 30.0 Å². The van der Waals surface area contributed by atoms with Crippen molar-refractivity contribution in [3.05, 3.63) is 53.3 Å². The number of aryl methyl sites for hydroxylation is 1. The fourth-order valence-electron chi connectivity index (χ4n) is 2.87. The second-order valence-electron chi connectivity index (χ2n) is 5.21. The first-order valence-corrected chi connectivity index (χ1v) is 6.67. The molecular formula is C16H14FN3. The molecule has 100 valence electrons. The van der Waals surface area contributed by atoms with Crippen molar-refractivity contribution in [2.45, 2.75) is 13.1 Å². The van der Waals surface area contributed by atoms with Crippen LogP contribution in [0.1, 0.15) is 11.1 Å². The molecule has 0 amide bonds. The molecule has 1 aliphatic rings. The van der Waals surface area contributed by atoms with Crippen molar-refractivity contribution >= 4 is 11.0 Å². The van der Waals surface area contributed by atoms with Crippen molar-refractivity contribution < 1.29 is 4.39 Å². The maximum atomic E-state index is 13.3. The summed E-state index contributed by atoms with van der Waals surface area (Å²) in [5.41, 5.74) is 5.38. The maximum Gasteiger partial charge on any atom is 0.140 e. The minimum Gasteiger partial charge on any atom is -0.327 e. The van der Waals surface area contributed by atoms with Gasteiger partial charge in [0.15, 0.2) is 0 Å². The Morgan fingerprint density at radius 1 is 1.10 bits per heavy atom. The lowest BCUT2D eigenvalue weighted by Gasteiger charge is -2.05. The topological polar surface area (TPSA) is 29.9 Å². The Hall–Kier alpha value is -2.20. The highest BCUT2D eigenvalue weighted by Gasteiger charge is 2.14. The van der Waals surface area contributed by atoms with Crippen LogP contribution in [0, 0.1) is 5.82 Å². The Balaban J connectivity index is 1.91. The molecule has 0 saturated heterocycles. The molecule has 2 heterocycles. The van der Waals surface area contributed by atoms with Crippen LogP contribution in [0.4, 0.5) is 4.39 Å². The average Bonchev–Trinajstić information content (AvgIpc) is 3.02. The van der Waals surface area contributed by atoms with Crippen LogP contribution in [0.3, 0.4) is 0 Å². The molecule has 4 rings (SSSR count). The number of hydrogen-bond donors (Lipinski definition) is 1. The highest BCUT2D eigenvalue weighted by molar-refractivity contribution is 5.80. The second kappa shape index (κ2) is 4.15. The van der Waals surface area contributed by atoms with E-state index in [4.69, 9.17) is 0 Å². The minimum atomic E-state index is -0.250. The van der Waals surface area contributed by atoms with E-state index < -0.39 is 0 Å². The molecule has 3 nitrogen and oxygen atoms in total. The number of nitrogens with one attached hydrogen (secondary N) is 1. The number of aromatic nitrogens is 2. The number of imidazole rings is 1. The number of hydrogen-bond acceptors (Lipinski definition) is 2. The van der Waals surface area contributed by atoms with Crippen LogP contribution in [-0.2, 0) is 20.1 Å². The predicted octanol–water partition coefficient (Wildman–Crippen LogP) is 2.98. The normalized spacial score (nSPS) is 13.9. The van der Waals surface area contributed by atoms with Gasteiger partial charge < -0.3 is 9.88 Å². The first kappa shape index (κ1) is 11.6. The Kier molecular flexibility index (Phi) is 2.41. The zero-order chi connectivity index (χ0) is 13.7. The van der Waals surface area contributed by atoms with Gasteiger partial charge >= 0.3 is 0 Å². The second-order valence-corrected chi connectivity index (χ2v) is 5.21. The molecule has 0 bridgehead atoms. The molecule has 4 heteroatoms. The predicted molar refractivity (Wildman–Crippen MR) is 76.7 cm³/mol. The Bertz CT molecular complexity index is 820. The molecule has 1 aliphatic heterocycles. The summed E-state index contributed by atoms with van der Waals surface area (Å²) in [6.07, 6.45) is 0. The molecule has 0 atom stereocenters. The van der Waals surface area contributed by atoms with Gasteiger partial charge in [-0.05, 0) is 29.3 Å². The van der Waals surface area contributed by atoms with Gasteiger partial charge in [0.2, 0.25) is 0 Å². The van der Waals surface area contributed by atoms with Crippen LogP contribution >= 0.6 is 0 Å². The SMILES string of the molecule is Cn1c(-c2ccc3c(c2)CNC3)nc2cc(F)ccc21. The van der Waals surface area contributed by atoms with Crippen molar-refractivity contribution in [3.63, 3.8) is 0 Å². The van der Waals surface area contributed by atoms with Crippen LogP contribution in [0.2, 0.25) is 0 Å². The van der Waals surface area contributed by atoms with E-state index in [1.807, 2.05) is 11.6 Å². The van der Waals surface area contributed by atoms with Crippen molar-refractivity contribution in [1.82, 2.24) is 14.9 Å². The van der Waals surface area contributed by atoms with Gasteiger partial charge in [-0.1, -0.05) is 12.1 Å². The van der Waals surface area contributed by atoms with E-state index in [-0.39, 0.29) is 5.82 Å². The van der Waals surface area contributed by atoms with E-state index in [1.54, 1.807) is 6.07 Å². The highest BCUT2D eigenvalue weighted by Crippen LogP contribution is 2.27. The molecule has 0 saturated carbocycles. The third-order valence-electron chi connectivity index (χ3n) is 3.94. The van der Waals surface area contributed by atoms with E-state index in [2.05, 4.69) is 28.5 Å². The summed E-state index contributed by atoms with van der Waals surface area (Å²) >= 11 is 0. The quantitative estimate of drug-likeness (QED) is 0.734. The van der Waals surface area contributed by atoms with Crippen LogP contribution < -0.4 is 5.32 Å². The maximum absolute atomic E-state index is 13.3. The average molecular weight is 267 g/mol. The molecule has 2 aromatic carbocycles. The lowest BCUT2D eigenvalue weighted by molar-refractivity contribution is 0.629. The Morgan fingerprint density at radius 2 is 1.95 bits per heavy atom. The minimum absolute atomic E-state index is 0.250. The monoisotopic (exact) mass is 267 g/mol. The van der Waals surface area contributed by atoms with Gasteiger partial charge in [-0.15, -0.1) is 0 Å². The molecule has 0 unspecified atom stereocenters. The van der Waals surface area contributed by atoms with Gasteiger partial charge in [0.25, 0.3) is 0 Å². The first-order chi connectivity index (χ1) is 9.72. The molecule has 0 aliphatic carbocycles. The van der Waals surface area contributed by atoms with Gasteiger partial charge in [0.1, 0.15) is 11.6 Å². The van der Waals surface area contributed by atoms with Crippen LogP contribution in [0.5, 0.6) is 0 Å². The van der Waals surface area contributed by atoms with Crippen molar-refractivity contribution in [2.24, 2.45) is 7.05 Å². The number of fused-ring (bicyclic) bond motifs is 2. The fraction of sp³-hybridized carbons (Fsp3) is 0.188. The van der Waals surface area contributed by atoms with Gasteiger partial charge in [-0.2, -0.15) is 0 Å².